The van der Waals surface area contributed by atoms with Gasteiger partial charge in [0.25, 0.3) is 0 Å². The van der Waals surface area contributed by atoms with E-state index in [-0.39, 0.29) is 0 Å². The predicted molar refractivity (Wildman–Crippen MR) is 17.0 cm³/mol. The van der Waals surface area contributed by atoms with Gasteiger partial charge in [0.2, 0.25) is 0 Å². The Morgan fingerprint density at radius 3 is 1.20 bits per heavy atom. The minimum absolute atomic E-state index is 0.757. The van der Waals surface area contributed by atoms with Crippen LogP contribution < -0.4 is 0 Å². The van der Waals surface area contributed by atoms with Gasteiger partial charge in [-0.1, -0.05) is 0 Å². The van der Waals surface area contributed by atoms with E-state index >= 15 is 0 Å². The second kappa shape index (κ2) is 19.9. The van der Waals surface area contributed by atoms with Crippen LogP contribution in [0, 0.1) is 0 Å². The molecule has 5 heteroatoms. The Hall–Kier alpha value is 1.02. The zero-order valence-corrected chi connectivity index (χ0v) is 4.41. The SMILES string of the molecule is OO.[Cl][Cu][Cl]. The van der Waals surface area contributed by atoms with Gasteiger partial charge in [-0.05, 0) is 0 Å². The summed E-state index contributed by atoms with van der Waals surface area (Å²) < 4.78 is 0. The first kappa shape index (κ1) is 9.39. The first-order valence-electron chi connectivity index (χ1n) is 0.428. The maximum absolute atomic E-state index is 6.00. The van der Waals surface area contributed by atoms with Gasteiger partial charge in [-0.3, -0.25) is 10.5 Å². The average Bonchev–Trinajstić information content (AvgIpc) is 1.46. The summed E-state index contributed by atoms with van der Waals surface area (Å²) in [7, 11) is 9.34. The van der Waals surface area contributed by atoms with E-state index in [1.54, 1.807) is 0 Å². The van der Waals surface area contributed by atoms with Gasteiger partial charge in [0, 0.05) is 0 Å². The van der Waals surface area contributed by atoms with E-state index in [2.05, 4.69) is 20.2 Å². The van der Waals surface area contributed by atoms with E-state index in [0.29, 0.717) is 0 Å². The van der Waals surface area contributed by atoms with Crippen LogP contribution in [0.3, 0.4) is 0 Å². The fraction of sp³-hybridized carbons (Fsp3) is 0. The van der Waals surface area contributed by atoms with Crippen LogP contribution >= 0.6 is 20.2 Å². The monoisotopic (exact) mass is 167 g/mol. The number of rotatable bonds is 0. The summed E-state index contributed by atoms with van der Waals surface area (Å²) in [6.07, 6.45) is 0. The van der Waals surface area contributed by atoms with Crippen LogP contribution in [0.1, 0.15) is 0 Å². The minimum atomic E-state index is 0.757. The Labute approximate surface area is 44.2 Å². The van der Waals surface area contributed by atoms with Crippen molar-refractivity contribution in [2.75, 3.05) is 0 Å². The fourth-order valence-corrected chi connectivity index (χ4v) is 0. The molecule has 0 aliphatic carbocycles. The summed E-state index contributed by atoms with van der Waals surface area (Å²) in [6, 6.07) is 0. The Bertz CT molecular complexity index is 7.61. The van der Waals surface area contributed by atoms with Crippen LogP contribution in [0.4, 0.5) is 0 Å². The van der Waals surface area contributed by atoms with Crippen LogP contribution in [0.25, 0.3) is 0 Å². The van der Waals surface area contributed by atoms with Gasteiger partial charge >= 0.3 is 33.3 Å². The Morgan fingerprint density at radius 2 is 1.20 bits per heavy atom. The molecule has 0 saturated carbocycles. The van der Waals surface area contributed by atoms with Gasteiger partial charge in [0.05, 0.1) is 0 Å². The molecule has 2 nitrogen and oxygen atoms in total. The third-order valence-electron chi connectivity index (χ3n) is 0. The molecule has 0 aromatic rings. The van der Waals surface area contributed by atoms with Crippen molar-refractivity contribution in [1.82, 2.24) is 0 Å². The van der Waals surface area contributed by atoms with E-state index in [0.717, 1.165) is 13.1 Å². The molecule has 0 fully saturated rings. The first-order chi connectivity index (χ1) is 2.41. The van der Waals surface area contributed by atoms with Gasteiger partial charge in [-0.2, -0.15) is 0 Å². The molecule has 0 rings (SSSR count). The van der Waals surface area contributed by atoms with Crippen molar-refractivity contribution in [3.8, 4) is 0 Å². The van der Waals surface area contributed by atoms with Crippen LogP contribution in [-0.2, 0) is 13.1 Å². The molecule has 2 N–H and O–H groups in total. The molecule has 0 amide bonds. The Balaban J connectivity index is 0. The standard InChI is InChI=1S/2ClH.Cu.H2O2/c;;;1-2/h2*1H;;1-2H/q;;+2;/p-2. The van der Waals surface area contributed by atoms with Crippen LogP contribution in [0.2, 0.25) is 0 Å². The van der Waals surface area contributed by atoms with E-state index in [9.17, 15) is 0 Å². The molecule has 0 heterocycles. The number of halogens is 2. The molecule has 0 aromatic heterocycles. The van der Waals surface area contributed by atoms with Gasteiger partial charge in [0.15, 0.2) is 0 Å². The van der Waals surface area contributed by atoms with Crippen LogP contribution in [0.5, 0.6) is 0 Å². The Morgan fingerprint density at radius 1 is 1.20 bits per heavy atom. The van der Waals surface area contributed by atoms with Crippen molar-refractivity contribution in [2.45, 2.75) is 0 Å². The molecule has 0 unspecified atom stereocenters. The van der Waals surface area contributed by atoms with E-state index in [1.165, 1.54) is 0 Å². The summed E-state index contributed by atoms with van der Waals surface area (Å²) >= 11 is 0.757. The molecule has 0 atom stereocenters. The normalized spacial score (nSPS) is 5.60. The summed E-state index contributed by atoms with van der Waals surface area (Å²) in [5, 5.41) is 12.0. The third-order valence-corrected chi connectivity index (χ3v) is 0. The summed E-state index contributed by atoms with van der Waals surface area (Å²) in [4.78, 5) is 0. The molecule has 0 spiro atoms. The third kappa shape index (κ3) is 44.0. The summed E-state index contributed by atoms with van der Waals surface area (Å²) in [5.74, 6) is 0. The van der Waals surface area contributed by atoms with Crippen molar-refractivity contribution >= 4 is 20.2 Å². The maximum atomic E-state index is 6.00. The van der Waals surface area contributed by atoms with Gasteiger partial charge < -0.3 is 0 Å². The number of hydrogen-bond donors (Lipinski definition) is 2. The zero-order chi connectivity index (χ0) is 4.71. The Kier molecular flexibility index (Phi) is 37.3. The second-order valence-corrected chi connectivity index (χ2v) is 1.60. The van der Waals surface area contributed by atoms with E-state index in [1.807, 2.05) is 0 Å². The van der Waals surface area contributed by atoms with E-state index in [4.69, 9.17) is 10.5 Å². The van der Waals surface area contributed by atoms with Crippen LogP contribution in [0.15, 0.2) is 0 Å². The molecule has 0 saturated heterocycles. The van der Waals surface area contributed by atoms with Crippen molar-refractivity contribution in [3.05, 3.63) is 0 Å². The summed E-state index contributed by atoms with van der Waals surface area (Å²) in [5.41, 5.74) is 0. The molecular formula is H2Cl2CuO2. The zero-order valence-electron chi connectivity index (χ0n) is 1.95. The summed E-state index contributed by atoms with van der Waals surface area (Å²) in [6.45, 7) is 0. The van der Waals surface area contributed by atoms with Crippen molar-refractivity contribution in [1.29, 1.82) is 0 Å². The fourth-order valence-electron chi connectivity index (χ4n) is 0. The van der Waals surface area contributed by atoms with Gasteiger partial charge in [0.1, 0.15) is 0 Å². The van der Waals surface area contributed by atoms with E-state index < -0.39 is 0 Å². The topological polar surface area (TPSA) is 40.5 Å². The van der Waals surface area contributed by atoms with Gasteiger partial charge in [-0.15, -0.1) is 0 Å². The van der Waals surface area contributed by atoms with Gasteiger partial charge in [-0.25, -0.2) is 0 Å². The first-order valence-corrected chi connectivity index (χ1v) is 3.02. The van der Waals surface area contributed by atoms with Crippen molar-refractivity contribution in [2.24, 2.45) is 0 Å². The van der Waals surface area contributed by atoms with Crippen molar-refractivity contribution < 1.29 is 23.6 Å². The van der Waals surface area contributed by atoms with Crippen molar-refractivity contribution in [3.63, 3.8) is 0 Å². The average molecular weight is 168 g/mol. The number of hydrogen-bond acceptors (Lipinski definition) is 2. The molecule has 0 aliphatic rings. The second-order valence-electron chi connectivity index (χ2n) is 0.0431. The molecule has 0 radical (unpaired) electrons. The molecule has 0 aromatic carbocycles. The molecule has 0 aliphatic heterocycles. The molecule has 5 heavy (non-hydrogen) atoms. The predicted octanol–water partition coefficient (Wildman–Crippen LogP) is 1.39. The molecular weight excluding hydrogens is 166 g/mol. The van der Waals surface area contributed by atoms with Crippen LogP contribution in [-0.4, -0.2) is 10.5 Å². The quantitative estimate of drug-likeness (QED) is 0.326. The molecule has 0 bridgehead atoms. The molecule has 39 valence electrons.